The Bertz CT molecular complexity index is 929. The van der Waals surface area contributed by atoms with Crippen LogP contribution in [0.4, 0.5) is 0 Å². The Balaban J connectivity index is 1.32. The molecule has 1 aliphatic heterocycles. The van der Waals surface area contributed by atoms with Gasteiger partial charge in [-0.05, 0) is 70.1 Å². The van der Waals surface area contributed by atoms with E-state index in [0.717, 1.165) is 36.3 Å². The quantitative estimate of drug-likeness (QED) is 0.409. The van der Waals surface area contributed by atoms with Crippen LogP contribution in [0.25, 0.3) is 0 Å². The summed E-state index contributed by atoms with van der Waals surface area (Å²) in [6.07, 6.45) is 6.43. The van der Waals surface area contributed by atoms with Crippen LogP contribution in [0.5, 0.6) is 11.5 Å². The molecular formula is C29H40O5. The Morgan fingerprint density at radius 1 is 1.15 bits per heavy atom. The van der Waals surface area contributed by atoms with Gasteiger partial charge >= 0.3 is 0 Å². The molecule has 1 fully saturated rings. The fourth-order valence-corrected chi connectivity index (χ4v) is 5.85. The van der Waals surface area contributed by atoms with Gasteiger partial charge in [0.1, 0.15) is 5.78 Å². The average molecular weight is 469 g/mol. The molecule has 5 heteroatoms. The molecule has 2 aliphatic carbocycles. The highest BCUT2D eigenvalue weighted by molar-refractivity contribution is 5.98. The predicted octanol–water partition coefficient (Wildman–Crippen LogP) is 6.58. The first-order chi connectivity index (χ1) is 16.1. The zero-order valence-electron chi connectivity index (χ0n) is 21.4. The van der Waals surface area contributed by atoms with Crippen molar-refractivity contribution >= 4 is 11.6 Å². The second-order valence-corrected chi connectivity index (χ2v) is 11.3. The highest BCUT2D eigenvalue weighted by Crippen LogP contribution is 2.48. The summed E-state index contributed by atoms with van der Waals surface area (Å²) in [5.74, 6) is 2.01. The molecule has 0 spiro atoms. The Kier molecular flexibility index (Phi) is 7.23. The molecule has 5 nitrogen and oxygen atoms in total. The number of benzene rings is 1. The Morgan fingerprint density at radius 2 is 1.82 bits per heavy atom. The molecule has 1 saturated carbocycles. The molecule has 3 atom stereocenters. The topological polar surface area (TPSA) is 61.8 Å². The lowest BCUT2D eigenvalue weighted by atomic mass is 9.81. The lowest BCUT2D eigenvalue weighted by Gasteiger charge is -2.33. The van der Waals surface area contributed by atoms with Gasteiger partial charge in [0.15, 0.2) is 17.3 Å². The second-order valence-electron chi connectivity index (χ2n) is 11.3. The first kappa shape index (κ1) is 25.0. The molecule has 34 heavy (non-hydrogen) atoms. The first-order valence-corrected chi connectivity index (χ1v) is 13.0. The average Bonchev–Trinajstić information content (AvgIpc) is 3.28. The summed E-state index contributed by atoms with van der Waals surface area (Å²) in [5.41, 5.74) is 2.01. The summed E-state index contributed by atoms with van der Waals surface area (Å²) in [5, 5.41) is 0. The number of ketones is 2. The van der Waals surface area contributed by atoms with Gasteiger partial charge in [0.2, 0.25) is 5.79 Å². The fraction of sp³-hybridized carbons (Fsp3) is 0.655. The van der Waals surface area contributed by atoms with E-state index in [2.05, 4.69) is 27.7 Å². The van der Waals surface area contributed by atoms with Gasteiger partial charge in [-0.25, -0.2) is 0 Å². The number of carbonyl (C=O) groups is 2. The molecule has 2 unspecified atom stereocenters. The lowest BCUT2D eigenvalue weighted by molar-refractivity contribution is -0.120. The van der Waals surface area contributed by atoms with Gasteiger partial charge in [-0.15, -0.1) is 0 Å². The van der Waals surface area contributed by atoms with Crippen LogP contribution < -0.4 is 9.47 Å². The number of allylic oxidation sites excluding steroid dienone is 1. The zero-order valence-corrected chi connectivity index (χ0v) is 21.4. The smallest absolute Gasteiger partial charge is 0.248 e. The summed E-state index contributed by atoms with van der Waals surface area (Å²) in [4.78, 5) is 25.5. The number of rotatable bonds is 9. The minimum Gasteiger partial charge on any atom is -0.449 e. The number of para-hydroxylation sites is 2. The van der Waals surface area contributed by atoms with Crippen molar-refractivity contribution in [1.82, 2.24) is 0 Å². The summed E-state index contributed by atoms with van der Waals surface area (Å²) in [6.45, 7) is 10.5. The summed E-state index contributed by atoms with van der Waals surface area (Å²) < 4.78 is 18.4. The maximum absolute atomic E-state index is 12.8. The van der Waals surface area contributed by atoms with E-state index in [4.69, 9.17) is 14.2 Å². The SMILES string of the molecule is CCC1CC2=C(CCC(=O)CCCC3(C)Oc4ccccc4O3)C(=O)CCC2[C@H]1OC(C)(C)C. The van der Waals surface area contributed by atoms with Crippen LogP contribution in [0.1, 0.15) is 92.4 Å². The van der Waals surface area contributed by atoms with Crippen molar-refractivity contribution in [2.75, 3.05) is 0 Å². The van der Waals surface area contributed by atoms with E-state index in [-0.39, 0.29) is 23.3 Å². The Morgan fingerprint density at radius 3 is 2.44 bits per heavy atom. The Hall–Kier alpha value is -2.14. The van der Waals surface area contributed by atoms with Crippen LogP contribution >= 0.6 is 0 Å². The molecule has 0 amide bonds. The van der Waals surface area contributed by atoms with Crippen molar-refractivity contribution in [1.29, 1.82) is 0 Å². The molecule has 0 bridgehead atoms. The number of Topliss-reactive ketones (excluding diaryl/α,β-unsaturated/α-hetero) is 2. The minimum absolute atomic E-state index is 0.176. The molecule has 3 aliphatic rings. The van der Waals surface area contributed by atoms with Crippen molar-refractivity contribution in [3.63, 3.8) is 0 Å². The van der Waals surface area contributed by atoms with Crippen molar-refractivity contribution < 1.29 is 23.8 Å². The molecule has 1 heterocycles. The van der Waals surface area contributed by atoms with Crippen LogP contribution in [0.15, 0.2) is 35.4 Å². The van der Waals surface area contributed by atoms with E-state index in [1.165, 1.54) is 5.57 Å². The van der Waals surface area contributed by atoms with Crippen LogP contribution in [0.2, 0.25) is 0 Å². The van der Waals surface area contributed by atoms with Crippen LogP contribution in [0, 0.1) is 11.8 Å². The van der Waals surface area contributed by atoms with Gasteiger partial charge in [-0.3, -0.25) is 9.59 Å². The molecular weight excluding hydrogens is 428 g/mol. The third kappa shape index (κ3) is 5.56. The van der Waals surface area contributed by atoms with E-state index in [9.17, 15) is 9.59 Å². The predicted molar refractivity (Wildman–Crippen MR) is 132 cm³/mol. The molecule has 186 valence electrons. The van der Waals surface area contributed by atoms with Crippen LogP contribution in [-0.4, -0.2) is 29.1 Å². The number of ether oxygens (including phenoxy) is 3. The highest BCUT2D eigenvalue weighted by Gasteiger charge is 2.45. The van der Waals surface area contributed by atoms with E-state index in [1.807, 2.05) is 31.2 Å². The molecule has 1 aromatic carbocycles. The highest BCUT2D eigenvalue weighted by atomic mass is 16.7. The molecule has 0 radical (unpaired) electrons. The van der Waals surface area contributed by atoms with Crippen molar-refractivity contribution in [2.45, 2.75) is 110 Å². The Labute approximate surface area is 204 Å². The van der Waals surface area contributed by atoms with Gasteiger partial charge in [0.05, 0.1) is 11.7 Å². The molecule has 4 rings (SSSR count). The van der Waals surface area contributed by atoms with Gasteiger partial charge in [0.25, 0.3) is 0 Å². The molecule has 0 saturated heterocycles. The lowest BCUT2D eigenvalue weighted by Crippen LogP contribution is -2.35. The number of carbonyl (C=O) groups excluding carboxylic acids is 2. The standard InChI is InChI=1S/C29H40O5/c1-6-19-18-23-21(24(31)16-15-22(23)27(19)34-28(2,3)4)14-13-20(30)10-9-17-29(5)32-25-11-7-8-12-26(25)33-29/h7-8,11-12,19,22,27H,6,9-10,13-18H2,1-5H3/t19?,22?,27-/m0/s1. The van der Waals surface area contributed by atoms with Gasteiger partial charge in [-0.2, -0.15) is 0 Å². The third-order valence-electron chi connectivity index (χ3n) is 7.45. The number of hydrogen-bond acceptors (Lipinski definition) is 5. The maximum Gasteiger partial charge on any atom is 0.248 e. The van der Waals surface area contributed by atoms with Crippen LogP contribution in [0.3, 0.4) is 0 Å². The van der Waals surface area contributed by atoms with Crippen molar-refractivity contribution in [3.8, 4) is 11.5 Å². The normalized spacial score (nSPS) is 25.6. The monoisotopic (exact) mass is 468 g/mol. The van der Waals surface area contributed by atoms with Gasteiger partial charge in [0, 0.05) is 38.5 Å². The van der Waals surface area contributed by atoms with E-state index < -0.39 is 5.79 Å². The van der Waals surface area contributed by atoms with E-state index >= 15 is 0 Å². The van der Waals surface area contributed by atoms with Gasteiger partial charge in [-0.1, -0.05) is 31.1 Å². The largest absolute Gasteiger partial charge is 0.449 e. The van der Waals surface area contributed by atoms with Crippen molar-refractivity contribution in [3.05, 3.63) is 35.4 Å². The minimum atomic E-state index is -0.720. The summed E-state index contributed by atoms with van der Waals surface area (Å²) >= 11 is 0. The molecule has 1 aromatic rings. The van der Waals surface area contributed by atoms with Crippen molar-refractivity contribution in [2.24, 2.45) is 11.8 Å². The van der Waals surface area contributed by atoms with Gasteiger partial charge < -0.3 is 14.2 Å². The summed E-state index contributed by atoms with van der Waals surface area (Å²) in [6, 6.07) is 7.65. The molecule has 0 aromatic heterocycles. The zero-order chi connectivity index (χ0) is 24.5. The molecule has 0 N–H and O–H groups in total. The fourth-order valence-electron chi connectivity index (χ4n) is 5.85. The maximum atomic E-state index is 12.8. The third-order valence-corrected chi connectivity index (χ3v) is 7.45. The second kappa shape index (κ2) is 9.85. The van der Waals surface area contributed by atoms with Crippen LogP contribution in [-0.2, 0) is 14.3 Å². The van der Waals surface area contributed by atoms with E-state index in [1.54, 1.807) is 0 Å². The summed E-state index contributed by atoms with van der Waals surface area (Å²) in [7, 11) is 0. The van der Waals surface area contributed by atoms with E-state index in [0.29, 0.717) is 50.4 Å². The first-order valence-electron chi connectivity index (χ1n) is 13.0. The number of fused-ring (bicyclic) bond motifs is 2. The number of hydrogen-bond donors (Lipinski definition) is 0.